The first-order valence-corrected chi connectivity index (χ1v) is 13.0. The van der Waals surface area contributed by atoms with Crippen molar-refractivity contribution in [2.45, 2.75) is 32.2 Å². The summed E-state index contributed by atoms with van der Waals surface area (Å²) in [6.45, 7) is 2.41. The van der Waals surface area contributed by atoms with Gasteiger partial charge in [-0.25, -0.2) is 0 Å². The average Bonchev–Trinajstić information content (AvgIpc) is 3.13. The third-order valence-corrected chi connectivity index (χ3v) is 6.80. The fourth-order valence-corrected chi connectivity index (χ4v) is 4.65. The van der Waals surface area contributed by atoms with Crippen LogP contribution in [0.4, 0.5) is 5.69 Å². The second-order valence-corrected chi connectivity index (χ2v) is 9.87. The smallest absolute Gasteiger partial charge is 0.208 e. The van der Waals surface area contributed by atoms with Crippen molar-refractivity contribution in [2.24, 2.45) is 0 Å². The molecule has 0 spiro atoms. The molecule has 4 rings (SSSR count). The number of carbonyl (C=O) groups excluding carboxylic acids is 1. The summed E-state index contributed by atoms with van der Waals surface area (Å²) in [6, 6.07) is 13.1. The van der Waals surface area contributed by atoms with E-state index in [4.69, 9.17) is 34.0 Å². The monoisotopic (exact) mass is 530 g/mol. The number of allylic oxidation sites excluding steroid dienone is 5. The van der Waals surface area contributed by atoms with Gasteiger partial charge in [-0.2, -0.15) is 0 Å². The number of halogens is 2. The lowest BCUT2D eigenvalue weighted by atomic mass is 9.99. The molecule has 1 heterocycles. The van der Waals surface area contributed by atoms with Gasteiger partial charge in [0.15, 0.2) is 0 Å². The Kier molecular flexibility index (Phi) is 9.00. The Balaban J connectivity index is 1.45. The van der Waals surface area contributed by atoms with Gasteiger partial charge in [-0.15, -0.1) is 5.73 Å². The molecule has 1 aliphatic heterocycles. The second kappa shape index (κ2) is 12.6. The number of ketones is 1. The van der Waals surface area contributed by atoms with Crippen LogP contribution in [-0.4, -0.2) is 35.4 Å². The quantitative estimate of drug-likeness (QED) is 0.179. The average molecular weight is 531 g/mol. The minimum absolute atomic E-state index is 0.0472. The molecule has 0 aromatic heterocycles. The van der Waals surface area contributed by atoms with Crippen LogP contribution in [0.3, 0.4) is 0 Å². The lowest BCUT2D eigenvalue weighted by molar-refractivity contribution is 0.106. The van der Waals surface area contributed by atoms with Crippen LogP contribution in [0.1, 0.15) is 47.2 Å². The Morgan fingerprint density at radius 1 is 1.03 bits per heavy atom. The van der Waals surface area contributed by atoms with Crippen LogP contribution in [-0.2, 0) is 6.54 Å². The molecule has 1 saturated heterocycles. The van der Waals surface area contributed by atoms with Gasteiger partial charge >= 0.3 is 0 Å². The standard InChI is InChI=1S/C30H28Cl2N4O/c31-24-6-4-5-21(9-12-24)17-27(34)30(37)26-18-25(32)13-14-28(26)35-20-22-7-10-23(11-8-22)29(19-33)36-15-2-1-3-16-36/h5-14,18,33-35H,1-3,15-17,20H2. The summed E-state index contributed by atoms with van der Waals surface area (Å²) < 4.78 is 0. The first kappa shape index (κ1) is 26.5. The van der Waals surface area contributed by atoms with Crippen molar-refractivity contribution in [1.29, 1.82) is 10.8 Å². The molecule has 3 N–H and O–H groups in total. The summed E-state index contributed by atoms with van der Waals surface area (Å²) in [4.78, 5) is 15.4. The molecule has 0 amide bonds. The zero-order valence-electron chi connectivity index (χ0n) is 20.4. The van der Waals surface area contributed by atoms with Crippen molar-refractivity contribution in [3.63, 3.8) is 0 Å². The fourth-order valence-electron chi connectivity index (χ4n) is 4.36. The van der Waals surface area contributed by atoms with Crippen LogP contribution < -0.4 is 5.32 Å². The SMILES string of the molecule is N=C=C(c1ccc(CNc2ccc(Cl)cc2C(=O)C(=N)CC2=CC=C(Cl)C=C=C2)cc1)N1CCCCC1. The Hall–Kier alpha value is -3.59. The van der Waals surface area contributed by atoms with E-state index in [2.05, 4.69) is 21.8 Å². The molecule has 7 heteroatoms. The molecule has 1 fully saturated rings. The summed E-state index contributed by atoms with van der Waals surface area (Å²) in [5.74, 6) is 2.23. The Labute approximate surface area is 227 Å². The molecule has 2 aromatic rings. The minimum atomic E-state index is -0.389. The molecular formula is C30H28Cl2N4O. The van der Waals surface area contributed by atoms with Crippen molar-refractivity contribution in [1.82, 2.24) is 4.90 Å². The summed E-state index contributed by atoms with van der Waals surface area (Å²) >= 11 is 12.2. The zero-order chi connectivity index (χ0) is 26.2. The maximum atomic E-state index is 13.2. The van der Waals surface area contributed by atoms with Crippen molar-refractivity contribution in [3.8, 4) is 0 Å². The van der Waals surface area contributed by atoms with Gasteiger partial charge in [-0.1, -0.05) is 53.5 Å². The number of rotatable bonds is 9. The number of carbonyl (C=O) groups is 1. The maximum Gasteiger partial charge on any atom is 0.208 e. The summed E-state index contributed by atoms with van der Waals surface area (Å²) in [6.07, 6.45) is 10.5. The number of piperidine rings is 1. The third-order valence-electron chi connectivity index (χ3n) is 6.33. The molecule has 0 saturated carbocycles. The molecule has 0 bridgehead atoms. The van der Waals surface area contributed by atoms with E-state index in [-0.39, 0.29) is 17.9 Å². The van der Waals surface area contributed by atoms with Gasteiger partial charge in [0.25, 0.3) is 0 Å². The van der Waals surface area contributed by atoms with E-state index >= 15 is 0 Å². The van der Waals surface area contributed by atoms with Gasteiger partial charge < -0.3 is 15.6 Å². The summed E-state index contributed by atoms with van der Waals surface area (Å²) in [5.41, 5.74) is 7.47. The van der Waals surface area contributed by atoms with Gasteiger partial charge in [-0.05, 0) is 66.8 Å². The molecule has 37 heavy (non-hydrogen) atoms. The lowest BCUT2D eigenvalue weighted by Crippen LogP contribution is -2.28. The molecule has 0 unspecified atom stereocenters. The number of anilines is 1. The normalized spacial score (nSPS) is 14.8. The number of benzene rings is 2. The molecule has 188 valence electrons. The van der Waals surface area contributed by atoms with E-state index in [9.17, 15) is 4.79 Å². The number of nitrogens with zero attached hydrogens (tertiary/aromatic N) is 1. The highest BCUT2D eigenvalue weighted by Gasteiger charge is 2.19. The van der Waals surface area contributed by atoms with Crippen molar-refractivity contribution in [3.05, 3.63) is 105 Å². The predicted octanol–water partition coefficient (Wildman–Crippen LogP) is 7.39. The number of nitrogens with one attached hydrogen (secondary N) is 3. The van der Waals surface area contributed by atoms with E-state index in [1.165, 1.54) is 6.42 Å². The Morgan fingerprint density at radius 3 is 2.51 bits per heavy atom. The summed E-state index contributed by atoms with van der Waals surface area (Å²) in [7, 11) is 0. The van der Waals surface area contributed by atoms with Crippen LogP contribution in [0.25, 0.3) is 5.70 Å². The van der Waals surface area contributed by atoms with Gasteiger partial charge in [0.2, 0.25) is 5.78 Å². The van der Waals surface area contributed by atoms with Gasteiger partial charge in [-0.3, -0.25) is 10.2 Å². The van der Waals surface area contributed by atoms with Gasteiger partial charge in [0.1, 0.15) is 5.70 Å². The Bertz CT molecular complexity index is 1370. The molecule has 2 aliphatic rings. The number of Topliss-reactive ketones (excluding diaryl/α,β-unsaturated/α-hetero) is 1. The largest absolute Gasteiger partial charge is 0.380 e. The molecule has 0 atom stereocenters. The van der Waals surface area contributed by atoms with E-state index in [0.717, 1.165) is 48.3 Å². The highest BCUT2D eigenvalue weighted by atomic mass is 35.5. The highest BCUT2D eigenvalue weighted by molar-refractivity contribution is 6.47. The number of hydrogen-bond donors (Lipinski definition) is 3. The van der Waals surface area contributed by atoms with E-state index in [1.54, 1.807) is 42.5 Å². The predicted molar refractivity (Wildman–Crippen MR) is 153 cm³/mol. The Morgan fingerprint density at radius 2 is 1.78 bits per heavy atom. The molecule has 5 nitrogen and oxygen atoms in total. The van der Waals surface area contributed by atoms with Crippen molar-refractivity contribution in [2.75, 3.05) is 18.4 Å². The van der Waals surface area contributed by atoms with E-state index in [1.807, 2.05) is 24.3 Å². The van der Waals surface area contributed by atoms with Gasteiger partial charge in [0.05, 0.1) is 5.71 Å². The molecule has 1 aliphatic carbocycles. The van der Waals surface area contributed by atoms with Crippen LogP contribution in [0, 0.1) is 10.8 Å². The first-order chi connectivity index (χ1) is 17.9. The van der Waals surface area contributed by atoms with Crippen LogP contribution >= 0.6 is 23.2 Å². The molecular weight excluding hydrogens is 503 g/mol. The van der Waals surface area contributed by atoms with Crippen molar-refractivity contribution >= 4 is 52.0 Å². The fraction of sp³-hybridized carbons (Fsp3) is 0.233. The zero-order valence-corrected chi connectivity index (χ0v) is 21.9. The van der Waals surface area contributed by atoms with E-state index in [0.29, 0.717) is 27.9 Å². The minimum Gasteiger partial charge on any atom is -0.380 e. The first-order valence-electron chi connectivity index (χ1n) is 12.2. The topological polar surface area (TPSA) is 80.0 Å². The second-order valence-electron chi connectivity index (χ2n) is 8.99. The maximum absolute atomic E-state index is 13.2. The number of likely N-dealkylation sites (tertiary alicyclic amines) is 1. The van der Waals surface area contributed by atoms with Gasteiger partial charge in [0, 0.05) is 58.8 Å². The molecule has 0 radical (unpaired) electrons. The van der Waals surface area contributed by atoms with Crippen LogP contribution in [0.5, 0.6) is 0 Å². The van der Waals surface area contributed by atoms with Crippen LogP contribution in [0.15, 0.2) is 83.1 Å². The highest BCUT2D eigenvalue weighted by Crippen LogP contribution is 2.25. The molecule has 2 aromatic carbocycles. The third kappa shape index (κ3) is 7.01. The lowest BCUT2D eigenvalue weighted by Gasteiger charge is -2.29. The summed E-state index contributed by atoms with van der Waals surface area (Å²) in [5, 5.41) is 20.5. The van der Waals surface area contributed by atoms with Crippen molar-refractivity contribution < 1.29 is 4.79 Å². The van der Waals surface area contributed by atoms with E-state index < -0.39 is 0 Å². The van der Waals surface area contributed by atoms with Crippen LogP contribution in [0.2, 0.25) is 5.02 Å². The number of hydrogen-bond acceptors (Lipinski definition) is 5.